The van der Waals surface area contributed by atoms with Gasteiger partial charge in [0.1, 0.15) is 0 Å². The summed E-state index contributed by atoms with van der Waals surface area (Å²) in [6, 6.07) is 11.3. The predicted molar refractivity (Wildman–Crippen MR) is 110 cm³/mol. The highest BCUT2D eigenvalue weighted by Gasteiger charge is 2.51. The van der Waals surface area contributed by atoms with Crippen LogP contribution < -0.4 is 10.6 Å². The van der Waals surface area contributed by atoms with Gasteiger partial charge in [-0.15, -0.1) is 11.3 Å². The number of thiophene rings is 1. The van der Waals surface area contributed by atoms with Crippen LogP contribution in [-0.4, -0.2) is 17.4 Å². The van der Waals surface area contributed by atoms with Gasteiger partial charge in [0.25, 0.3) is 11.8 Å². The van der Waals surface area contributed by atoms with Crippen molar-refractivity contribution < 1.29 is 9.59 Å². The topological polar surface area (TPSA) is 58.2 Å². The van der Waals surface area contributed by atoms with Gasteiger partial charge in [0, 0.05) is 17.6 Å². The number of carbonyl (C=O) groups excluding carboxylic acids is 2. The van der Waals surface area contributed by atoms with Gasteiger partial charge < -0.3 is 10.6 Å². The molecule has 2 N–H and O–H groups in total. The van der Waals surface area contributed by atoms with Crippen molar-refractivity contribution in [3.63, 3.8) is 0 Å². The van der Waals surface area contributed by atoms with Crippen molar-refractivity contribution >= 4 is 23.2 Å². The Labute approximate surface area is 169 Å². The number of hydrogen-bond donors (Lipinski definition) is 2. The molecule has 2 amide bonds. The Kier molecular flexibility index (Phi) is 4.50. The minimum Gasteiger partial charge on any atom is -0.347 e. The standard InChI is InChI=1S/C23H26N2O2S/c26-21(25-23-11-16-8-17(12-23)10-18(9-16)13-23)19-5-3-15(4-6-19)14-24-22(27)20-2-1-7-28-20/h1-7,16-18H,8-14H2,(H,24,27)(H,25,26). The summed E-state index contributed by atoms with van der Waals surface area (Å²) in [5.41, 5.74) is 1.75. The van der Waals surface area contributed by atoms with E-state index in [2.05, 4.69) is 10.6 Å². The van der Waals surface area contributed by atoms with Gasteiger partial charge in [-0.3, -0.25) is 9.59 Å². The van der Waals surface area contributed by atoms with Gasteiger partial charge in [-0.05, 0) is 85.4 Å². The number of amides is 2. The molecule has 0 saturated heterocycles. The Hall–Kier alpha value is -2.14. The molecule has 146 valence electrons. The van der Waals surface area contributed by atoms with E-state index in [1.54, 1.807) is 0 Å². The van der Waals surface area contributed by atoms with Gasteiger partial charge in [-0.25, -0.2) is 0 Å². The number of hydrogen-bond acceptors (Lipinski definition) is 3. The van der Waals surface area contributed by atoms with Crippen LogP contribution in [0, 0.1) is 17.8 Å². The maximum absolute atomic E-state index is 12.9. The zero-order chi connectivity index (χ0) is 19.1. The maximum atomic E-state index is 12.9. The number of rotatable bonds is 5. The van der Waals surface area contributed by atoms with E-state index in [0.29, 0.717) is 17.0 Å². The van der Waals surface area contributed by atoms with Crippen molar-refractivity contribution in [2.75, 3.05) is 0 Å². The molecule has 0 radical (unpaired) electrons. The lowest BCUT2D eigenvalue weighted by atomic mass is 9.53. The van der Waals surface area contributed by atoms with E-state index in [-0.39, 0.29) is 17.4 Å². The SMILES string of the molecule is O=C(NC12CC3CC(CC(C3)C1)C2)c1ccc(CNC(=O)c2cccs2)cc1. The van der Waals surface area contributed by atoms with E-state index in [9.17, 15) is 9.59 Å². The molecule has 1 aromatic carbocycles. The molecule has 1 aromatic heterocycles. The molecular formula is C23H26N2O2S. The first kappa shape index (κ1) is 17.9. The fourth-order valence-corrected chi connectivity index (χ4v) is 6.67. The Bertz CT molecular complexity index is 837. The zero-order valence-electron chi connectivity index (χ0n) is 15.9. The third-order valence-corrected chi connectivity index (χ3v) is 7.70. The highest BCUT2D eigenvalue weighted by molar-refractivity contribution is 7.12. The van der Waals surface area contributed by atoms with Gasteiger partial charge in [-0.2, -0.15) is 0 Å². The molecular weight excluding hydrogens is 368 g/mol. The van der Waals surface area contributed by atoms with Crippen molar-refractivity contribution in [2.24, 2.45) is 17.8 Å². The summed E-state index contributed by atoms with van der Waals surface area (Å²) in [6.45, 7) is 0.466. The molecule has 0 unspecified atom stereocenters. The molecule has 5 heteroatoms. The van der Waals surface area contributed by atoms with Crippen LogP contribution in [0.2, 0.25) is 0 Å². The number of carbonyl (C=O) groups is 2. The second-order valence-corrected chi connectivity index (χ2v) is 9.96. The molecule has 28 heavy (non-hydrogen) atoms. The van der Waals surface area contributed by atoms with Gasteiger partial charge in [0.05, 0.1) is 4.88 Å². The summed E-state index contributed by atoms with van der Waals surface area (Å²) in [5, 5.41) is 8.24. The van der Waals surface area contributed by atoms with E-state index < -0.39 is 0 Å². The van der Waals surface area contributed by atoms with Crippen molar-refractivity contribution in [1.29, 1.82) is 0 Å². The van der Waals surface area contributed by atoms with Crippen LogP contribution >= 0.6 is 11.3 Å². The Morgan fingerprint density at radius 1 is 0.929 bits per heavy atom. The third-order valence-electron chi connectivity index (χ3n) is 6.83. The highest BCUT2D eigenvalue weighted by atomic mass is 32.1. The summed E-state index contributed by atoms with van der Waals surface area (Å²) < 4.78 is 0. The van der Waals surface area contributed by atoms with E-state index in [1.165, 1.54) is 49.9 Å². The van der Waals surface area contributed by atoms with Crippen molar-refractivity contribution in [3.05, 3.63) is 57.8 Å². The van der Waals surface area contributed by atoms with Crippen LogP contribution in [0.25, 0.3) is 0 Å². The largest absolute Gasteiger partial charge is 0.347 e. The van der Waals surface area contributed by atoms with E-state index in [0.717, 1.165) is 23.3 Å². The van der Waals surface area contributed by atoms with Crippen LogP contribution in [0.5, 0.6) is 0 Å². The molecule has 6 rings (SSSR count). The third kappa shape index (κ3) is 3.48. The van der Waals surface area contributed by atoms with Crippen LogP contribution in [0.15, 0.2) is 41.8 Å². The average molecular weight is 395 g/mol. The molecule has 4 nitrogen and oxygen atoms in total. The van der Waals surface area contributed by atoms with Gasteiger partial charge in [0.2, 0.25) is 0 Å². The number of benzene rings is 1. The number of nitrogens with one attached hydrogen (secondary N) is 2. The fourth-order valence-electron chi connectivity index (χ4n) is 6.03. The maximum Gasteiger partial charge on any atom is 0.261 e. The lowest BCUT2D eigenvalue weighted by molar-refractivity contribution is -0.0167. The minimum absolute atomic E-state index is 0.0409. The summed E-state index contributed by atoms with van der Waals surface area (Å²) >= 11 is 1.43. The van der Waals surface area contributed by atoms with Gasteiger partial charge in [-0.1, -0.05) is 18.2 Å². The van der Waals surface area contributed by atoms with E-state index in [1.807, 2.05) is 41.8 Å². The van der Waals surface area contributed by atoms with E-state index in [4.69, 9.17) is 0 Å². The quantitative estimate of drug-likeness (QED) is 0.791. The van der Waals surface area contributed by atoms with Crippen molar-refractivity contribution in [1.82, 2.24) is 10.6 Å². The first-order chi connectivity index (χ1) is 13.6. The van der Waals surface area contributed by atoms with Gasteiger partial charge >= 0.3 is 0 Å². The first-order valence-corrected chi connectivity index (χ1v) is 11.2. The smallest absolute Gasteiger partial charge is 0.261 e. The van der Waals surface area contributed by atoms with Crippen LogP contribution in [0.3, 0.4) is 0 Å². The second-order valence-electron chi connectivity index (χ2n) is 9.01. The summed E-state index contributed by atoms with van der Waals surface area (Å²) in [5.74, 6) is 2.46. The molecule has 4 aliphatic rings. The lowest BCUT2D eigenvalue weighted by Gasteiger charge is -2.56. The summed E-state index contributed by atoms with van der Waals surface area (Å²) in [4.78, 5) is 25.6. The predicted octanol–water partition coefficient (Wildman–Crippen LogP) is 4.38. The molecule has 1 heterocycles. The summed E-state index contributed by atoms with van der Waals surface area (Å²) in [7, 11) is 0. The second kappa shape index (κ2) is 7.03. The first-order valence-electron chi connectivity index (χ1n) is 10.3. The Morgan fingerprint density at radius 2 is 1.57 bits per heavy atom. The zero-order valence-corrected chi connectivity index (χ0v) is 16.8. The molecule has 0 atom stereocenters. The highest BCUT2D eigenvalue weighted by Crippen LogP contribution is 2.55. The molecule has 4 saturated carbocycles. The van der Waals surface area contributed by atoms with Crippen LogP contribution in [0.4, 0.5) is 0 Å². The van der Waals surface area contributed by atoms with Gasteiger partial charge in [0.15, 0.2) is 0 Å². The van der Waals surface area contributed by atoms with Crippen molar-refractivity contribution in [2.45, 2.75) is 50.6 Å². The normalized spacial score (nSPS) is 30.2. The lowest BCUT2D eigenvalue weighted by Crippen LogP contribution is -2.59. The molecule has 4 fully saturated rings. The molecule has 0 aliphatic heterocycles. The van der Waals surface area contributed by atoms with E-state index >= 15 is 0 Å². The summed E-state index contributed by atoms with van der Waals surface area (Å²) in [6.07, 6.45) is 7.62. The Morgan fingerprint density at radius 3 is 2.14 bits per heavy atom. The molecule has 4 aliphatic carbocycles. The minimum atomic E-state index is -0.0568. The van der Waals surface area contributed by atoms with Crippen molar-refractivity contribution in [3.8, 4) is 0 Å². The molecule has 0 spiro atoms. The van der Waals surface area contributed by atoms with Crippen LogP contribution in [0.1, 0.15) is 64.1 Å². The average Bonchev–Trinajstić information content (AvgIpc) is 3.20. The molecule has 2 aromatic rings. The van der Waals surface area contributed by atoms with Crippen LogP contribution in [-0.2, 0) is 6.54 Å². The monoisotopic (exact) mass is 394 g/mol. The molecule has 4 bridgehead atoms. The fraction of sp³-hybridized carbons (Fsp3) is 0.478. The Balaban J connectivity index is 1.20.